The molecule has 0 saturated carbocycles. The minimum absolute atomic E-state index is 0. The lowest BCUT2D eigenvalue weighted by Crippen LogP contribution is -2.43. The van der Waals surface area contributed by atoms with Gasteiger partial charge in [-0.3, -0.25) is 9.48 Å². The van der Waals surface area contributed by atoms with Crippen LogP contribution in [0.5, 0.6) is 0 Å². The maximum absolute atomic E-state index is 12.1. The minimum atomic E-state index is 0. The van der Waals surface area contributed by atoms with Crippen molar-refractivity contribution < 1.29 is 4.79 Å². The number of rotatable bonds is 5. The Kier molecular flexibility index (Phi) is 7.02. The molecule has 0 radical (unpaired) electrons. The Hall–Kier alpha value is -1.07. The van der Waals surface area contributed by atoms with Gasteiger partial charge in [0.25, 0.3) is 0 Å². The summed E-state index contributed by atoms with van der Waals surface area (Å²) in [6.45, 7) is 6.78. The van der Waals surface area contributed by atoms with Crippen molar-refractivity contribution in [1.82, 2.24) is 20.4 Å². The number of aromatic nitrogens is 2. The Bertz CT molecular complexity index is 396. The Morgan fingerprint density at radius 2 is 2.40 bits per heavy atom. The molecular formula is C14H25ClN4O. The molecule has 1 aromatic heterocycles. The van der Waals surface area contributed by atoms with Gasteiger partial charge in [0, 0.05) is 37.4 Å². The van der Waals surface area contributed by atoms with E-state index >= 15 is 0 Å². The zero-order valence-corrected chi connectivity index (χ0v) is 13.0. The number of halogens is 1. The molecule has 1 aromatic rings. The Labute approximate surface area is 126 Å². The fraction of sp³-hybridized carbons (Fsp3) is 0.714. The summed E-state index contributed by atoms with van der Waals surface area (Å²) in [7, 11) is 0. The second-order valence-electron chi connectivity index (χ2n) is 5.65. The maximum Gasteiger partial charge on any atom is 0.223 e. The standard InChI is InChI=1S/C14H24N4O.ClH/c1-11(10-18-7-3-5-17-18)9-16-14(19)13-4-6-15-12(2)8-13;/h3,5,7,11-13,15H,4,6,8-10H2,1-2H3,(H,16,19);1H/t11?,12-,13-;/m0./s1. The molecule has 2 heterocycles. The van der Waals surface area contributed by atoms with E-state index in [1.165, 1.54) is 0 Å². The fourth-order valence-electron chi connectivity index (χ4n) is 2.58. The summed E-state index contributed by atoms with van der Waals surface area (Å²) in [6.07, 6.45) is 5.62. The molecule has 1 amide bonds. The van der Waals surface area contributed by atoms with Crippen molar-refractivity contribution in [3.63, 3.8) is 0 Å². The molecule has 0 bridgehead atoms. The average molecular weight is 301 g/mol. The van der Waals surface area contributed by atoms with E-state index in [0.717, 1.165) is 32.5 Å². The largest absolute Gasteiger partial charge is 0.356 e. The van der Waals surface area contributed by atoms with E-state index in [1.807, 2.05) is 16.9 Å². The molecule has 1 fully saturated rings. The summed E-state index contributed by atoms with van der Waals surface area (Å²) in [5.74, 6) is 0.775. The summed E-state index contributed by atoms with van der Waals surface area (Å²) < 4.78 is 1.91. The quantitative estimate of drug-likeness (QED) is 0.865. The molecular weight excluding hydrogens is 276 g/mol. The maximum atomic E-state index is 12.1. The summed E-state index contributed by atoms with van der Waals surface area (Å²) >= 11 is 0. The predicted molar refractivity (Wildman–Crippen MR) is 81.8 cm³/mol. The van der Waals surface area contributed by atoms with Crippen molar-refractivity contribution in [2.75, 3.05) is 13.1 Å². The highest BCUT2D eigenvalue weighted by atomic mass is 35.5. The molecule has 0 spiro atoms. The third-order valence-electron chi connectivity index (χ3n) is 3.68. The van der Waals surface area contributed by atoms with Crippen LogP contribution in [0.2, 0.25) is 0 Å². The van der Waals surface area contributed by atoms with Crippen LogP contribution in [0.3, 0.4) is 0 Å². The normalized spacial score (nSPS) is 23.7. The first-order valence-electron chi connectivity index (χ1n) is 7.13. The molecule has 1 saturated heterocycles. The van der Waals surface area contributed by atoms with Gasteiger partial charge < -0.3 is 10.6 Å². The van der Waals surface area contributed by atoms with Crippen LogP contribution in [0.4, 0.5) is 0 Å². The van der Waals surface area contributed by atoms with Gasteiger partial charge in [-0.2, -0.15) is 5.10 Å². The molecule has 1 unspecified atom stereocenters. The Morgan fingerprint density at radius 1 is 1.60 bits per heavy atom. The minimum Gasteiger partial charge on any atom is -0.356 e. The van der Waals surface area contributed by atoms with Gasteiger partial charge in [0.1, 0.15) is 0 Å². The first-order chi connectivity index (χ1) is 9.15. The van der Waals surface area contributed by atoms with Gasteiger partial charge in [-0.1, -0.05) is 6.92 Å². The highest BCUT2D eigenvalue weighted by molar-refractivity contribution is 5.85. The van der Waals surface area contributed by atoms with Crippen molar-refractivity contribution in [3.05, 3.63) is 18.5 Å². The van der Waals surface area contributed by atoms with E-state index in [0.29, 0.717) is 12.0 Å². The van der Waals surface area contributed by atoms with Gasteiger partial charge in [-0.15, -0.1) is 12.4 Å². The van der Waals surface area contributed by atoms with Crippen molar-refractivity contribution >= 4 is 18.3 Å². The van der Waals surface area contributed by atoms with Crippen LogP contribution >= 0.6 is 12.4 Å². The van der Waals surface area contributed by atoms with Crippen LogP contribution in [0.15, 0.2) is 18.5 Å². The molecule has 1 aliphatic rings. The van der Waals surface area contributed by atoms with Gasteiger partial charge in [-0.05, 0) is 38.3 Å². The number of amides is 1. The van der Waals surface area contributed by atoms with E-state index in [-0.39, 0.29) is 24.2 Å². The highest BCUT2D eigenvalue weighted by Crippen LogP contribution is 2.16. The molecule has 20 heavy (non-hydrogen) atoms. The summed E-state index contributed by atoms with van der Waals surface area (Å²) in [6, 6.07) is 2.37. The lowest BCUT2D eigenvalue weighted by Gasteiger charge is -2.27. The fourth-order valence-corrected chi connectivity index (χ4v) is 2.58. The zero-order valence-electron chi connectivity index (χ0n) is 12.2. The third kappa shape index (κ3) is 5.13. The van der Waals surface area contributed by atoms with Gasteiger partial charge in [0.2, 0.25) is 5.91 Å². The molecule has 6 heteroatoms. The van der Waals surface area contributed by atoms with Crippen LogP contribution in [-0.4, -0.2) is 34.8 Å². The summed E-state index contributed by atoms with van der Waals surface area (Å²) in [5.41, 5.74) is 0. The molecule has 5 nitrogen and oxygen atoms in total. The van der Waals surface area contributed by atoms with Crippen molar-refractivity contribution in [1.29, 1.82) is 0 Å². The van der Waals surface area contributed by atoms with E-state index in [4.69, 9.17) is 0 Å². The van der Waals surface area contributed by atoms with Crippen LogP contribution in [0.1, 0.15) is 26.7 Å². The number of carbonyl (C=O) groups is 1. The average Bonchev–Trinajstić information content (AvgIpc) is 2.88. The molecule has 0 aromatic carbocycles. The molecule has 2 rings (SSSR count). The first-order valence-corrected chi connectivity index (χ1v) is 7.13. The van der Waals surface area contributed by atoms with Crippen LogP contribution < -0.4 is 10.6 Å². The molecule has 114 valence electrons. The predicted octanol–water partition coefficient (Wildman–Crippen LogP) is 1.45. The SMILES string of the molecule is CC(CNC(=O)[C@H]1CCN[C@@H](C)C1)Cn1cccn1.Cl. The number of nitrogens with one attached hydrogen (secondary N) is 2. The van der Waals surface area contributed by atoms with Gasteiger partial charge >= 0.3 is 0 Å². The van der Waals surface area contributed by atoms with Crippen LogP contribution in [-0.2, 0) is 11.3 Å². The van der Waals surface area contributed by atoms with Gasteiger partial charge in [0.15, 0.2) is 0 Å². The van der Waals surface area contributed by atoms with Crippen LogP contribution in [0.25, 0.3) is 0 Å². The van der Waals surface area contributed by atoms with Crippen molar-refractivity contribution in [2.45, 2.75) is 39.3 Å². The number of hydrogen-bond acceptors (Lipinski definition) is 3. The number of nitrogens with zero attached hydrogens (tertiary/aromatic N) is 2. The van der Waals surface area contributed by atoms with E-state index in [2.05, 4.69) is 29.6 Å². The van der Waals surface area contributed by atoms with E-state index in [1.54, 1.807) is 6.20 Å². The number of carbonyl (C=O) groups excluding carboxylic acids is 1. The van der Waals surface area contributed by atoms with Gasteiger partial charge in [0.05, 0.1) is 0 Å². The second-order valence-corrected chi connectivity index (χ2v) is 5.65. The Morgan fingerprint density at radius 3 is 3.05 bits per heavy atom. The van der Waals surface area contributed by atoms with Crippen molar-refractivity contribution in [3.8, 4) is 0 Å². The van der Waals surface area contributed by atoms with Crippen LogP contribution in [0, 0.1) is 11.8 Å². The Balaban J connectivity index is 0.00000200. The topological polar surface area (TPSA) is 59.0 Å². The van der Waals surface area contributed by atoms with E-state index < -0.39 is 0 Å². The van der Waals surface area contributed by atoms with E-state index in [9.17, 15) is 4.79 Å². The number of hydrogen-bond donors (Lipinski definition) is 2. The lowest BCUT2D eigenvalue weighted by atomic mass is 9.92. The first kappa shape index (κ1) is 17.0. The smallest absolute Gasteiger partial charge is 0.223 e. The molecule has 3 atom stereocenters. The lowest BCUT2D eigenvalue weighted by molar-refractivity contribution is -0.126. The monoisotopic (exact) mass is 300 g/mol. The van der Waals surface area contributed by atoms with Crippen molar-refractivity contribution in [2.24, 2.45) is 11.8 Å². The number of piperidine rings is 1. The van der Waals surface area contributed by atoms with Gasteiger partial charge in [-0.25, -0.2) is 0 Å². The zero-order chi connectivity index (χ0) is 13.7. The highest BCUT2D eigenvalue weighted by Gasteiger charge is 2.24. The molecule has 1 aliphatic heterocycles. The molecule has 0 aliphatic carbocycles. The third-order valence-corrected chi connectivity index (χ3v) is 3.68. The molecule has 2 N–H and O–H groups in total. The summed E-state index contributed by atoms with van der Waals surface area (Å²) in [5, 5.41) is 10.6. The second kappa shape index (κ2) is 8.27. The summed E-state index contributed by atoms with van der Waals surface area (Å²) in [4.78, 5) is 12.1.